The lowest BCUT2D eigenvalue weighted by Crippen LogP contribution is -2.10. The van der Waals surface area contributed by atoms with E-state index in [-0.39, 0.29) is 0 Å². The summed E-state index contributed by atoms with van der Waals surface area (Å²) in [4.78, 5) is 0. The van der Waals surface area contributed by atoms with Gasteiger partial charge < -0.3 is 9.88 Å². The summed E-state index contributed by atoms with van der Waals surface area (Å²) in [6.07, 6.45) is 3.43. The van der Waals surface area contributed by atoms with Crippen molar-refractivity contribution >= 4 is 44.7 Å². The van der Waals surface area contributed by atoms with E-state index in [0.717, 1.165) is 17.8 Å². The molecule has 2 nitrogen and oxygen atoms in total. The van der Waals surface area contributed by atoms with Gasteiger partial charge in [-0.15, -0.1) is 0 Å². The first-order valence-corrected chi connectivity index (χ1v) is 21.4. The average molecular weight is 779 g/mol. The quantitative estimate of drug-likeness (QED) is 0.188. The third-order valence-corrected chi connectivity index (χ3v) is 12.9. The lowest BCUT2D eigenvalue weighted by molar-refractivity contribution is 0.733. The van der Waals surface area contributed by atoms with Gasteiger partial charge in [-0.2, -0.15) is 0 Å². The molecule has 1 aliphatic carbocycles. The van der Waals surface area contributed by atoms with Crippen LogP contribution in [0.3, 0.4) is 0 Å². The normalized spacial score (nSPS) is 14.0. The number of rotatable bonds is 4. The molecule has 12 rings (SSSR count). The largest absolute Gasteiger partial charge is 0.355 e. The number of para-hydroxylation sites is 3. The van der Waals surface area contributed by atoms with Gasteiger partial charge in [0.2, 0.25) is 0 Å². The van der Waals surface area contributed by atoms with E-state index in [1.807, 2.05) is 0 Å². The van der Waals surface area contributed by atoms with Crippen LogP contribution in [0.15, 0.2) is 206 Å². The highest BCUT2D eigenvalue weighted by molar-refractivity contribution is 6.02. The maximum atomic E-state index is 3.81. The number of hydrogen-bond donors (Lipinski definition) is 1. The molecule has 2 bridgehead atoms. The SMILES string of the molecule is CC1CC(c2ccc(-c3cc4cc(c3)-c3ccccc3-c3ccccc3Nc3ccccc3-4)cc2)=Cc2c1n(-c1cc3ccccc3cc1-c1ccccc1)c1ccccc21. The monoisotopic (exact) mass is 778 g/mol. The smallest absolute Gasteiger partial charge is 0.0543 e. The van der Waals surface area contributed by atoms with Gasteiger partial charge in [0.25, 0.3) is 0 Å². The van der Waals surface area contributed by atoms with Crippen LogP contribution in [0.4, 0.5) is 11.4 Å². The molecule has 1 atom stereocenters. The van der Waals surface area contributed by atoms with Gasteiger partial charge in [-0.1, -0.05) is 165 Å². The molecule has 1 aliphatic heterocycles. The zero-order chi connectivity index (χ0) is 40.4. The van der Waals surface area contributed by atoms with Crippen molar-refractivity contribution in [3.63, 3.8) is 0 Å². The molecule has 0 spiro atoms. The summed E-state index contributed by atoms with van der Waals surface area (Å²) in [5, 5.41) is 7.60. The summed E-state index contributed by atoms with van der Waals surface area (Å²) < 4.78 is 2.56. The minimum Gasteiger partial charge on any atom is -0.355 e. The Hall–Kier alpha value is -7.68. The summed E-state index contributed by atoms with van der Waals surface area (Å²) in [5.74, 6) is 0.300. The highest BCUT2D eigenvalue weighted by atomic mass is 15.0. The topological polar surface area (TPSA) is 17.0 Å². The van der Waals surface area contributed by atoms with Crippen LogP contribution in [0.2, 0.25) is 0 Å². The molecule has 61 heavy (non-hydrogen) atoms. The van der Waals surface area contributed by atoms with Gasteiger partial charge in [-0.3, -0.25) is 0 Å². The zero-order valence-electron chi connectivity index (χ0n) is 33.9. The predicted molar refractivity (Wildman–Crippen MR) is 259 cm³/mol. The number of hydrogen-bond acceptors (Lipinski definition) is 1. The number of fused-ring (bicyclic) bond motifs is 12. The molecule has 288 valence electrons. The molecule has 1 N–H and O–H groups in total. The second-order valence-electron chi connectivity index (χ2n) is 16.6. The molecule has 1 unspecified atom stereocenters. The van der Waals surface area contributed by atoms with Crippen LogP contribution in [-0.4, -0.2) is 4.57 Å². The van der Waals surface area contributed by atoms with E-state index in [0.29, 0.717) is 5.92 Å². The van der Waals surface area contributed by atoms with Crippen molar-refractivity contribution in [2.45, 2.75) is 19.3 Å². The molecular formula is C59H42N2. The van der Waals surface area contributed by atoms with E-state index in [4.69, 9.17) is 0 Å². The minimum absolute atomic E-state index is 0.300. The molecule has 9 aromatic carbocycles. The summed E-state index contributed by atoms with van der Waals surface area (Å²) in [6, 6.07) is 75.9. The van der Waals surface area contributed by atoms with Crippen LogP contribution in [0.25, 0.3) is 94.6 Å². The molecule has 0 fully saturated rings. The number of anilines is 2. The van der Waals surface area contributed by atoms with Crippen molar-refractivity contribution in [2.24, 2.45) is 0 Å². The number of benzene rings is 9. The third kappa shape index (κ3) is 5.94. The molecular weight excluding hydrogens is 737 g/mol. The van der Waals surface area contributed by atoms with Gasteiger partial charge in [0, 0.05) is 50.6 Å². The third-order valence-electron chi connectivity index (χ3n) is 12.9. The molecule has 0 saturated carbocycles. The van der Waals surface area contributed by atoms with Gasteiger partial charge in [0.15, 0.2) is 0 Å². The first-order valence-electron chi connectivity index (χ1n) is 21.4. The zero-order valence-corrected chi connectivity index (χ0v) is 33.9. The second-order valence-corrected chi connectivity index (χ2v) is 16.6. The Balaban J connectivity index is 0.976. The van der Waals surface area contributed by atoms with E-state index in [9.17, 15) is 0 Å². The van der Waals surface area contributed by atoms with E-state index in [1.165, 1.54) is 105 Å². The number of aromatic nitrogens is 1. The Morgan fingerprint density at radius 2 is 1.00 bits per heavy atom. The molecule has 2 heterocycles. The number of nitrogens with zero attached hydrogens (tertiary/aromatic N) is 1. The number of allylic oxidation sites excluding steroid dienone is 1. The van der Waals surface area contributed by atoms with Crippen molar-refractivity contribution < 1.29 is 0 Å². The summed E-state index contributed by atoms with van der Waals surface area (Å²) >= 11 is 0. The molecule has 0 saturated heterocycles. The lowest BCUT2D eigenvalue weighted by atomic mass is 9.84. The average Bonchev–Trinajstić information content (AvgIpc) is 3.66. The molecule has 1 aromatic heterocycles. The fourth-order valence-electron chi connectivity index (χ4n) is 10.1. The van der Waals surface area contributed by atoms with Gasteiger partial charge in [-0.05, 0) is 122 Å². The highest BCUT2D eigenvalue weighted by Crippen LogP contribution is 2.47. The van der Waals surface area contributed by atoms with Gasteiger partial charge in [0.1, 0.15) is 0 Å². The summed E-state index contributed by atoms with van der Waals surface area (Å²) in [5.41, 5.74) is 22.2. The Bertz CT molecular complexity index is 3370. The molecule has 0 radical (unpaired) electrons. The standard InChI is InChI=1S/C59H42N2/c1-38-31-44(36-54-52-23-11-14-26-57(52)61(59(38)54)58-37-43-18-6-5-17-42(43)35-53(58)41-15-3-2-4-16-41)39-27-29-40(30-28-39)45-32-46-34-47(33-45)49-20-9-12-24-55(49)60-56-25-13-10-22-51(56)50-21-8-7-19-48(46)50/h2-30,32-38,60H,31H2,1H3. The van der Waals surface area contributed by atoms with E-state index in [2.05, 4.69) is 229 Å². The van der Waals surface area contributed by atoms with Gasteiger partial charge in [-0.25, -0.2) is 0 Å². The second kappa shape index (κ2) is 14.3. The van der Waals surface area contributed by atoms with Crippen LogP contribution in [0, 0.1) is 0 Å². The van der Waals surface area contributed by atoms with E-state index < -0.39 is 0 Å². The molecule has 2 aliphatic rings. The van der Waals surface area contributed by atoms with Crippen LogP contribution in [-0.2, 0) is 0 Å². The first kappa shape index (κ1) is 35.3. The highest BCUT2D eigenvalue weighted by Gasteiger charge is 2.28. The van der Waals surface area contributed by atoms with Crippen LogP contribution in [0.1, 0.15) is 36.1 Å². The summed E-state index contributed by atoms with van der Waals surface area (Å²) in [6.45, 7) is 2.41. The first-order chi connectivity index (χ1) is 30.1. The maximum absolute atomic E-state index is 3.81. The van der Waals surface area contributed by atoms with Crippen molar-refractivity contribution in [3.8, 4) is 61.3 Å². The van der Waals surface area contributed by atoms with Crippen LogP contribution < -0.4 is 5.32 Å². The summed E-state index contributed by atoms with van der Waals surface area (Å²) in [7, 11) is 0. The fraction of sp³-hybridized carbons (Fsp3) is 0.0508. The Morgan fingerprint density at radius 1 is 0.426 bits per heavy atom. The van der Waals surface area contributed by atoms with Gasteiger partial charge >= 0.3 is 0 Å². The Morgan fingerprint density at radius 3 is 1.79 bits per heavy atom. The Kier molecular flexibility index (Phi) is 8.24. The van der Waals surface area contributed by atoms with Crippen molar-refractivity contribution in [2.75, 3.05) is 5.32 Å². The Labute approximate surface area is 356 Å². The molecule has 0 amide bonds. The van der Waals surface area contributed by atoms with E-state index in [1.54, 1.807) is 0 Å². The maximum Gasteiger partial charge on any atom is 0.0543 e. The van der Waals surface area contributed by atoms with Crippen LogP contribution in [0.5, 0.6) is 0 Å². The molecule has 10 aromatic rings. The fourth-order valence-corrected chi connectivity index (χ4v) is 10.1. The van der Waals surface area contributed by atoms with Crippen molar-refractivity contribution in [3.05, 3.63) is 223 Å². The number of nitrogens with one attached hydrogen (secondary N) is 1. The predicted octanol–water partition coefficient (Wildman–Crippen LogP) is 16.2. The van der Waals surface area contributed by atoms with Crippen LogP contribution >= 0.6 is 0 Å². The molecule has 2 heteroatoms. The van der Waals surface area contributed by atoms with Gasteiger partial charge in [0.05, 0.1) is 11.2 Å². The van der Waals surface area contributed by atoms with E-state index >= 15 is 0 Å². The van der Waals surface area contributed by atoms with Crippen molar-refractivity contribution in [1.82, 2.24) is 4.57 Å². The van der Waals surface area contributed by atoms with Crippen molar-refractivity contribution in [1.29, 1.82) is 0 Å². The minimum atomic E-state index is 0.300. The lowest BCUT2D eigenvalue weighted by Gasteiger charge is -2.25.